The second-order valence-electron chi connectivity index (χ2n) is 20.2. The van der Waals surface area contributed by atoms with Crippen LogP contribution in [0.3, 0.4) is 0 Å². The lowest BCUT2D eigenvalue weighted by Gasteiger charge is -2.38. The van der Waals surface area contributed by atoms with Crippen LogP contribution in [0.15, 0.2) is 36.2 Å². The third kappa shape index (κ3) is 8.88. The topological polar surface area (TPSA) is 195 Å². The van der Waals surface area contributed by atoms with Crippen molar-refractivity contribution in [3.8, 4) is 22.2 Å². The average Bonchev–Trinajstić information content (AvgIpc) is 3.99. The van der Waals surface area contributed by atoms with Crippen LogP contribution in [0.2, 0.25) is 0 Å². The van der Waals surface area contributed by atoms with Crippen molar-refractivity contribution >= 4 is 56.1 Å². The second kappa shape index (κ2) is 16.1. The van der Waals surface area contributed by atoms with E-state index in [1.54, 1.807) is 69.4 Å². The summed E-state index contributed by atoms with van der Waals surface area (Å²) < 4.78 is 45.9. The van der Waals surface area contributed by atoms with Crippen LogP contribution in [-0.4, -0.2) is 94.8 Å². The van der Waals surface area contributed by atoms with Gasteiger partial charge in [-0.1, -0.05) is 54.5 Å². The summed E-state index contributed by atoms with van der Waals surface area (Å²) in [6.07, 6.45) is 0.778. The molecule has 15 nitrogen and oxygen atoms in total. The zero-order chi connectivity index (χ0) is 46.1. The molecule has 3 N–H and O–H groups in total. The summed E-state index contributed by atoms with van der Waals surface area (Å²) in [5.74, 6) is -1.45. The number of nitrogens with zero attached hydrogens (tertiary/aromatic N) is 3. The highest BCUT2D eigenvalue weighted by atomic mass is 32.2. The number of rotatable bonds is 13. The quantitative estimate of drug-likeness (QED) is 0.153. The minimum Gasteiger partial charge on any atom is -0.496 e. The Bertz CT molecular complexity index is 2410. The third-order valence-electron chi connectivity index (χ3n) is 12.4. The Labute approximate surface area is 369 Å². The number of hydrogen-bond acceptors (Lipinski definition) is 12. The van der Waals surface area contributed by atoms with Gasteiger partial charge in [0.05, 0.1) is 29.6 Å². The van der Waals surface area contributed by atoms with Crippen molar-refractivity contribution < 1.29 is 41.8 Å². The predicted octanol–water partition coefficient (Wildman–Crippen LogP) is 6.78. The first-order valence-corrected chi connectivity index (χ1v) is 23.4. The fourth-order valence-electron chi connectivity index (χ4n) is 7.96. The molecular weight excluding hydrogens is 833 g/mol. The largest absolute Gasteiger partial charge is 0.496 e. The van der Waals surface area contributed by atoms with E-state index in [9.17, 15) is 18.0 Å². The van der Waals surface area contributed by atoms with Crippen LogP contribution in [-0.2, 0) is 29.1 Å². The molecule has 0 bridgehead atoms. The van der Waals surface area contributed by atoms with Crippen LogP contribution < -0.4 is 24.8 Å². The summed E-state index contributed by atoms with van der Waals surface area (Å²) in [6, 6.07) is 3.04. The normalized spacial score (nSPS) is 23.3. The molecule has 0 spiro atoms. The number of methoxy groups -OCH3 is 1. The van der Waals surface area contributed by atoms with Gasteiger partial charge >= 0.3 is 6.09 Å². The van der Waals surface area contributed by atoms with E-state index >= 15 is 9.59 Å². The Morgan fingerprint density at radius 1 is 1.03 bits per heavy atom. The molecule has 2 aromatic heterocycles. The predicted molar refractivity (Wildman–Crippen MR) is 238 cm³/mol. The Morgan fingerprint density at radius 2 is 1.69 bits per heavy atom. The highest BCUT2D eigenvalue weighted by Gasteiger charge is 2.65. The molecule has 3 aliphatic rings. The summed E-state index contributed by atoms with van der Waals surface area (Å²) in [6.45, 7) is 25.5. The van der Waals surface area contributed by atoms with Gasteiger partial charge in [-0.25, -0.2) is 23.2 Å². The lowest BCUT2D eigenvalue weighted by Crippen LogP contribution is -2.62. The van der Waals surface area contributed by atoms with E-state index in [1.165, 1.54) is 22.3 Å². The van der Waals surface area contributed by atoms with Gasteiger partial charge < -0.3 is 29.7 Å². The Kier molecular flexibility index (Phi) is 12.1. The molecule has 0 radical (unpaired) electrons. The molecule has 1 unspecified atom stereocenters. The fourth-order valence-corrected chi connectivity index (χ4v) is 10.2. The molecular formula is C45H62N6O9S2. The van der Waals surface area contributed by atoms with E-state index in [1.807, 2.05) is 30.5 Å². The Hall–Kier alpha value is -4.77. The molecule has 17 heteroatoms. The van der Waals surface area contributed by atoms with Crippen LogP contribution in [0.4, 0.5) is 4.79 Å². The Morgan fingerprint density at radius 3 is 2.23 bits per heavy atom. The number of pyridine rings is 1. The molecule has 3 fully saturated rings. The van der Waals surface area contributed by atoms with Gasteiger partial charge in [-0.05, 0) is 77.3 Å². The molecule has 2 saturated carbocycles. The smallest absolute Gasteiger partial charge is 0.408 e. The maximum atomic E-state index is 15.1. The molecule has 4 amide bonds. The van der Waals surface area contributed by atoms with Crippen molar-refractivity contribution in [3.63, 3.8) is 0 Å². The Balaban J connectivity index is 1.43. The first-order valence-electron chi connectivity index (χ1n) is 21.0. The molecule has 6 rings (SSSR count). The number of hydrogen-bond donors (Lipinski definition) is 3. The van der Waals surface area contributed by atoms with E-state index in [0.717, 1.165) is 11.3 Å². The molecule has 62 heavy (non-hydrogen) atoms. The minimum atomic E-state index is -4.05. The first-order chi connectivity index (χ1) is 28.6. The van der Waals surface area contributed by atoms with E-state index < -0.39 is 84.7 Å². The molecule has 1 aromatic carbocycles. The average molecular weight is 895 g/mol. The molecule has 3 aromatic rings. The van der Waals surface area contributed by atoms with Crippen LogP contribution >= 0.6 is 11.3 Å². The minimum absolute atomic E-state index is 0.105. The van der Waals surface area contributed by atoms with Crippen molar-refractivity contribution in [3.05, 3.63) is 47.5 Å². The number of thiazole rings is 1. The van der Waals surface area contributed by atoms with Crippen molar-refractivity contribution in [2.24, 2.45) is 16.7 Å². The second-order valence-corrected chi connectivity index (χ2v) is 23.2. The third-order valence-corrected chi connectivity index (χ3v) is 15.4. The molecule has 5 atom stereocenters. The maximum absolute atomic E-state index is 15.1. The highest BCUT2D eigenvalue weighted by Crippen LogP contribution is 2.49. The van der Waals surface area contributed by atoms with E-state index in [0.29, 0.717) is 45.9 Å². The summed E-state index contributed by atoms with van der Waals surface area (Å²) in [4.78, 5) is 68.6. The summed E-state index contributed by atoms with van der Waals surface area (Å²) >= 11 is 1.46. The zero-order valence-electron chi connectivity index (χ0n) is 38.1. The van der Waals surface area contributed by atoms with Crippen molar-refractivity contribution in [2.75, 3.05) is 13.7 Å². The van der Waals surface area contributed by atoms with Gasteiger partial charge in [0.2, 0.25) is 21.8 Å². The maximum Gasteiger partial charge on any atom is 0.408 e. The number of benzene rings is 1. The number of alkyl carbamates (subject to hydrolysis) is 1. The standard InChI is InChI=1S/C45H62N6O9S2/c1-15-26-21-45(26,39(54)50-62(56,57)44(13)18-19-44)49-36(52)35-43(11,12)32(22-51(35)38(53)34(41(5,6)7)48-40(55)60-42(8,9)10)59-31-20-28(37-47-29(23-61-37)24(2)3)46-33-25(4)30(58-14)17-16-27(31)33/h15-17,20,23-24,26,32,34-35H,1,18-19,21-22H2,2-14H3,(H,48,55)(H,49,52)(H,50,54)/t26-,32+,34?,35-,45-/m1/s1. The zero-order valence-corrected chi connectivity index (χ0v) is 39.8. The number of sulfonamides is 1. The summed E-state index contributed by atoms with van der Waals surface area (Å²) in [7, 11) is -2.46. The number of ether oxygens (including phenoxy) is 3. The van der Waals surface area contributed by atoms with Gasteiger partial charge in [-0.15, -0.1) is 17.9 Å². The fraction of sp³-hybridized carbons (Fsp3) is 0.600. The van der Waals surface area contributed by atoms with E-state index in [2.05, 4.69) is 35.8 Å². The van der Waals surface area contributed by atoms with E-state index in [4.69, 9.17) is 24.2 Å². The number of fused-ring (bicyclic) bond motifs is 1. The number of carbonyl (C=O) groups is 4. The lowest BCUT2D eigenvalue weighted by molar-refractivity contribution is -0.145. The number of likely N-dealkylation sites (tertiary alicyclic amines) is 1. The van der Waals surface area contributed by atoms with Gasteiger partial charge in [0.1, 0.15) is 51.5 Å². The van der Waals surface area contributed by atoms with Gasteiger partial charge in [0, 0.05) is 33.7 Å². The first kappa shape index (κ1) is 46.7. The SMILES string of the molecule is C=C[C@@H]1C[C@]1(NC(=O)[C@H]1N(C(=O)C(NC(=O)OC(C)(C)C)C(C)(C)C)C[C@H](Oc2cc(-c3nc(C(C)C)cs3)nc3c(C)c(OC)ccc23)C1(C)C)C(=O)NS(=O)(=O)C1(C)CC1. The van der Waals surface area contributed by atoms with Crippen molar-refractivity contribution in [1.82, 2.24) is 30.2 Å². The van der Waals surface area contributed by atoms with Crippen LogP contribution in [0, 0.1) is 23.7 Å². The van der Waals surface area contributed by atoms with Gasteiger partial charge in [0.25, 0.3) is 5.91 Å². The molecule has 3 heterocycles. The number of aromatic nitrogens is 2. The number of aryl methyl sites for hydroxylation is 1. The van der Waals surface area contributed by atoms with Crippen LogP contribution in [0.1, 0.15) is 113 Å². The van der Waals surface area contributed by atoms with Crippen molar-refractivity contribution in [2.45, 2.75) is 142 Å². The number of carbonyl (C=O) groups excluding carboxylic acids is 4. The number of nitrogens with one attached hydrogen (secondary N) is 3. The lowest BCUT2D eigenvalue weighted by atomic mass is 9.81. The molecule has 1 saturated heterocycles. The van der Waals surface area contributed by atoms with Crippen LogP contribution in [0.5, 0.6) is 11.5 Å². The van der Waals surface area contributed by atoms with Gasteiger partial charge in [-0.2, -0.15) is 0 Å². The van der Waals surface area contributed by atoms with E-state index in [-0.39, 0.29) is 18.9 Å². The summed E-state index contributed by atoms with van der Waals surface area (Å²) in [5, 5.41) is 9.01. The van der Waals surface area contributed by atoms with Crippen LogP contribution in [0.25, 0.3) is 21.6 Å². The molecule has 338 valence electrons. The monoisotopic (exact) mass is 894 g/mol. The number of amides is 4. The summed E-state index contributed by atoms with van der Waals surface area (Å²) in [5.41, 5.74) is -1.63. The van der Waals surface area contributed by atoms with Crippen molar-refractivity contribution in [1.29, 1.82) is 0 Å². The van der Waals surface area contributed by atoms with Gasteiger partial charge in [0.15, 0.2) is 0 Å². The molecule has 1 aliphatic heterocycles. The van der Waals surface area contributed by atoms with Gasteiger partial charge in [-0.3, -0.25) is 19.1 Å². The highest BCUT2D eigenvalue weighted by molar-refractivity contribution is 7.91. The molecule has 2 aliphatic carbocycles.